The predicted octanol–water partition coefficient (Wildman–Crippen LogP) is 4.66. The smallest absolute Gasteiger partial charge is 0.417 e. The zero-order valence-corrected chi connectivity index (χ0v) is 21.5. The van der Waals surface area contributed by atoms with Gasteiger partial charge in [-0.25, -0.2) is 4.79 Å². The van der Waals surface area contributed by atoms with E-state index < -0.39 is 28.7 Å². The van der Waals surface area contributed by atoms with Crippen molar-refractivity contribution in [3.63, 3.8) is 0 Å². The third-order valence-electron chi connectivity index (χ3n) is 8.14. The number of hydrogen-bond acceptors (Lipinski definition) is 6. The number of nitrogens with one attached hydrogen (secondary N) is 1. The highest BCUT2D eigenvalue weighted by Crippen LogP contribution is 2.41. The lowest BCUT2D eigenvalue weighted by molar-refractivity contribution is -0.137. The molecule has 1 aliphatic carbocycles. The molecule has 0 atom stereocenters. The minimum absolute atomic E-state index is 0.0113. The Bertz CT molecular complexity index is 1250. The molecular weight excluding hydrogens is 513 g/mol. The highest BCUT2D eigenvalue weighted by molar-refractivity contribution is 5.97. The van der Waals surface area contributed by atoms with Gasteiger partial charge in [-0.3, -0.25) is 14.4 Å². The number of nitrogens with zero attached hydrogens (tertiary/aromatic N) is 5. The first-order chi connectivity index (χ1) is 18.7. The van der Waals surface area contributed by atoms with Crippen molar-refractivity contribution < 1.29 is 27.5 Å². The van der Waals surface area contributed by atoms with E-state index in [0.717, 1.165) is 76.0 Å². The molecule has 1 saturated carbocycles. The molecule has 0 bridgehead atoms. The molecule has 2 amide bonds. The fourth-order valence-electron chi connectivity index (χ4n) is 5.59. The molecule has 12 heteroatoms. The van der Waals surface area contributed by atoms with E-state index >= 15 is 0 Å². The highest BCUT2D eigenvalue weighted by atomic mass is 19.4. The lowest BCUT2D eigenvalue weighted by Crippen LogP contribution is -2.51. The summed E-state index contributed by atoms with van der Waals surface area (Å²) in [5, 5.41) is 16.1. The molecule has 0 spiro atoms. The van der Waals surface area contributed by atoms with E-state index in [2.05, 4.69) is 15.3 Å². The zero-order valence-electron chi connectivity index (χ0n) is 21.5. The van der Waals surface area contributed by atoms with Gasteiger partial charge in [0, 0.05) is 38.1 Å². The van der Waals surface area contributed by atoms with E-state index in [1.54, 1.807) is 21.8 Å². The van der Waals surface area contributed by atoms with Crippen molar-refractivity contribution in [1.82, 2.24) is 19.6 Å². The molecule has 3 aliphatic rings. The van der Waals surface area contributed by atoms with E-state index in [1.807, 2.05) is 6.20 Å². The number of aromatic nitrogens is 2. The second-order valence-electron chi connectivity index (χ2n) is 10.6. The minimum Gasteiger partial charge on any atom is -0.433 e. The van der Waals surface area contributed by atoms with E-state index in [-0.39, 0.29) is 24.4 Å². The van der Waals surface area contributed by atoms with Crippen molar-refractivity contribution in [2.75, 3.05) is 38.2 Å². The van der Waals surface area contributed by atoms with Crippen LogP contribution in [-0.2, 0) is 21.2 Å². The van der Waals surface area contributed by atoms with Crippen LogP contribution in [0.25, 0.3) is 0 Å². The molecule has 0 unspecified atom stereocenters. The van der Waals surface area contributed by atoms with Crippen LogP contribution < -0.4 is 5.32 Å². The SMILES string of the molecule is N#Cc1ccc(NC(=O)C2(n3cc(C4CCN(COC(=O)N5CCCC5)CC4)cn3)CCC2)cc1C(F)(F)F. The molecule has 39 heavy (non-hydrogen) atoms. The van der Waals surface area contributed by atoms with Gasteiger partial charge in [0.2, 0.25) is 0 Å². The van der Waals surface area contributed by atoms with Crippen LogP contribution in [0.3, 0.4) is 0 Å². The number of nitriles is 1. The summed E-state index contributed by atoms with van der Waals surface area (Å²) in [5.74, 6) is -0.173. The number of halogens is 3. The van der Waals surface area contributed by atoms with E-state index in [0.29, 0.717) is 12.8 Å². The van der Waals surface area contributed by atoms with Gasteiger partial charge in [-0.2, -0.15) is 23.5 Å². The number of anilines is 1. The quantitative estimate of drug-likeness (QED) is 0.568. The molecule has 0 radical (unpaired) electrons. The van der Waals surface area contributed by atoms with Crippen molar-refractivity contribution in [2.24, 2.45) is 0 Å². The molecule has 2 aliphatic heterocycles. The first-order valence-electron chi connectivity index (χ1n) is 13.3. The lowest BCUT2D eigenvalue weighted by atomic mass is 9.76. The van der Waals surface area contributed by atoms with Crippen LogP contribution >= 0.6 is 0 Å². The Kier molecular flexibility index (Phi) is 7.53. The normalized spacial score (nSPS) is 19.8. The maximum absolute atomic E-state index is 13.4. The van der Waals surface area contributed by atoms with Crippen LogP contribution in [0.4, 0.5) is 23.7 Å². The molecule has 1 aromatic heterocycles. The molecule has 5 rings (SSSR count). The first kappa shape index (κ1) is 27.0. The van der Waals surface area contributed by atoms with Gasteiger partial charge in [-0.1, -0.05) is 0 Å². The highest BCUT2D eigenvalue weighted by Gasteiger charge is 2.47. The fraction of sp³-hybridized carbons (Fsp3) is 0.556. The molecule has 9 nitrogen and oxygen atoms in total. The number of benzene rings is 1. The standard InChI is InChI=1S/C27H31F3N6O3/c28-27(29,30)23-14-22(5-4-20(23)15-31)33-24(37)26(8-3-9-26)36-17-21(16-32-36)19-6-12-34(13-7-19)18-39-25(38)35-10-1-2-11-35/h4-5,14,16-17,19H,1-3,6-13,18H2,(H,33,37). The first-order valence-corrected chi connectivity index (χ1v) is 13.3. The van der Waals surface area contributed by atoms with Crippen LogP contribution in [0.1, 0.15) is 67.6 Å². The van der Waals surface area contributed by atoms with Crippen molar-refractivity contribution in [1.29, 1.82) is 5.26 Å². The third-order valence-corrected chi connectivity index (χ3v) is 8.14. The van der Waals surface area contributed by atoms with Crippen molar-refractivity contribution in [2.45, 2.75) is 62.6 Å². The predicted molar refractivity (Wildman–Crippen MR) is 135 cm³/mol. The number of carbonyl (C=O) groups is 2. The topological polar surface area (TPSA) is 103 Å². The summed E-state index contributed by atoms with van der Waals surface area (Å²) in [6.07, 6.45) is 4.31. The van der Waals surface area contributed by atoms with Gasteiger partial charge >= 0.3 is 12.3 Å². The van der Waals surface area contributed by atoms with Crippen LogP contribution in [0.5, 0.6) is 0 Å². The summed E-state index contributed by atoms with van der Waals surface area (Å²) >= 11 is 0. The number of amides is 2. The average molecular weight is 545 g/mol. The van der Waals surface area contributed by atoms with E-state index in [9.17, 15) is 22.8 Å². The van der Waals surface area contributed by atoms with E-state index in [4.69, 9.17) is 10.00 Å². The number of piperidine rings is 1. The maximum Gasteiger partial charge on any atom is 0.417 e. The molecule has 1 N–H and O–H groups in total. The van der Waals surface area contributed by atoms with Gasteiger partial charge in [0.25, 0.3) is 5.91 Å². The second kappa shape index (κ2) is 10.9. The van der Waals surface area contributed by atoms with Crippen LogP contribution in [-0.4, -0.2) is 64.5 Å². The third kappa shape index (κ3) is 5.59. The Labute approximate surface area is 224 Å². The molecule has 3 heterocycles. The number of likely N-dealkylation sites (tertiary alicyclic amines) is 2. The second-order valence-corrected chi connectivity index (χ2v) is 10.6. The Balaban J connectivity index is 1.20. The van der Waals surface area contributed by atoms with Gasteiger partial charge in [-0.15, -0.1) is 0 Å². The number of ether oxygens (including phenoxy) is 1. The minimum atomic E-state index is -4.71. The summed E-state index contributed by atoms with van der Waals surface area (Å²) < 4.78 is 47.2. The number of hydrogen-bond donors (Lipinski definition) is 1. The summed E-state index contributed by atoms with van der Waals surface area (Å²) in [4.78, 5) is 29.3. The number of alkyl halides is 3. The van der Waals surface area contributed by atoms with Crippen molar-refractivity contribution in [3.8, 4) is 6.07 Å². The van der Waals surface area contributed by atoms with Gasteiger partial charge in [0.15, 0.2) is 0 Å². The average Bonchev–Trinajstić information content (AvgIpc) is 3.60. The number of rotatable bonds is 6. The maximum atomic E-state index is 13.4. The molecule has 3 fully saturated rings. The molecule has 1 aromatic carbocycles. The van der Waals surface area contributed by atoms with Gasteiger partial charge in [-0.05, 0) is 74.6 Å². The largest absolute Gasteiger partial charge is 0.433 e. The summed E-state index contributed by atoms with van der Waals surface area (Å²) in [7, 11) is 0. The lowest BCUT2D eigenvalue weighted by Gasteiger charge is -2.40. The van der Waals surface area contributed by atoms with E-state index in [1.165, 1.54) is 6.07 Å². The molecule has 2 saturated heterocycles. The molecule has 2 aromatic rings. The Morgan fingerprint density at radius 3 is 2.46 bits per heavy atom. The summed E-state index contributed by atoms with van der Waals surface area (Å²) in [5.41, 5.74) is -1.53. The Hall–Kier alpha value is -3.59. The summed E-state index contributed by atoms with van der Waals surface area (Å²) in [6.45, 7) is 3.33. The summed E-state index contributed by atoms with van der Waals surface area (Å²) in [6, 6.07) is 4.72. The van der Waals surface area contributed by atoms with Gasteiger partial charge in [0.1, 0.15) is 12.3 Å². The van der Waals surface area contributed by atoms with Crippen molar-refractivity contribution in [3.05, 3.63) is 47.3 Å². The Morgan fingerprint density at radius 2 is 1.85 bits per heavy atom. The van der Waals surface area contributed by atoms with Gasteiger partial charge in [0.05, 0.1) is 23.4 Å². The zero-order chi connectivity index (χ0) is 27.6. The van der Waals surface area contributed by atoms with Crippen LogP contribution in [0.15, 0.2) is 30.6 Å². The molecule has 208 valence electrons. The monoisotopic (exact) mass is 544 g/mol. The van der Waals surface area contributed by atoms with Gasteiger partial charge < -0.3 is 15.0 Å². The van der Waals surface area contributed by atoms with Crippen LogP contribution in [0.2, 0.25) is 0 Å². The molecular formula is C27H31F3N6O3. The Morgan fingerprint density at radius 1 is 1.13 bits per heavy atom. The fourth-order valence-corrected chi connectivity index (χ4v) is 5.59. The number of carbonyl (C=O) groups excluding carboxylic acids is 2. The van der Waals surface area contributed by atoms with Crippen molar-refractivity contribution >= 4 is 17.7 Å². The van der Waals surface area contributed by atoms with Crippen LogP contribution in [0, 0.1) is 11.3 Å².